The molecule has 1 heterocycles. The third-order valence-corrected chi connectivity index (χ3v) is 4.67. The maximum atomic E-state index is 13.0. The summed E-state index contributed by atoms with van der Waals surface area (Å²) in [5.41, 5.74) is 3.51. The lowest BCUT2D eigenvalue weighted by Gasteiger charge is -2.08. The van der Waals surface area contributed by atoms with Crippen molar-refractivity contribution in [2.24, 2.45) is 0 Å². The number of rotatable bonds is 6. The van der Waals surface area contributed by atoms with E-state index in [0.29, 0.717) is 12.2 Å². The van der Waals surface area contributed by atoms with Gasteiger partial charge < -0.3 is 5.32 Å². The van der Waals surface area contributed by atoms with Crippen molar-refractivity contribution in [3.8, 4) is 5.69 Å². The molecule has 0 atom stereocenters. The van der Waals surface area contributed by atoms with E-state index in [1.807, 2.05) is 19.1 Å². The maximum Gasteiger partial charge on any atom is 0.348 e. The van der Waals surface area contributed by atoms with Gasteiger partial charge in [-0.3, -0.25) is 9.78 Å². The van der Waals surface area contributed by atoms with Gasteiger partial charge >= 0.3 is 5.69 Å². The second kappa shape index (κ2) is 8.16. The normalized spacial score (nSPS) is 10.7. The lowest BCUT2D eigenvalue weighted by Crippen LogP contribution is -2.15. The number of carbonyl (C=O) groups is 1. The maximum absolute atomic E-state index is 13.0. The fraction of sp³-hybridized carbons (Fsp3) is 0.0870. The number of aryl methyl sites for hydroxylation is 1. The van der Waals surface area contributed by atoms with Crippen LogP contribution in [0, 0.1) is 12.7 Å². The number of aromatic amines is 1. The molecule has 0 saturated heterocycles. The van der Waals surface area contributed by atoms with Crippen molar-refractivity contribution in [3.05, 3.63) is 112 Å². The number of hydrogen-bond donors (Lipinski definition) is 2. The van der Waals surface area contributed by atoms with Gasteiger partial charge in [0.2, 0.25) is 11.6 Å². The molecule has 0 unspecified atom stereocenters. The Kier molecular flexibility index (Phi) is 5.26. The van der Waals surface area contributed by atoms with E-state index in [1.54, 1.807) is 12.1 Å². The van der Waals surface area contributed by atoms with Crippen LogP contribution < -0.4 is 11.0 Å². The van der Waals surface area contributed by atoms with E-state index >= 15 is 0 Å². The number of hydrogen-bond acceptors (Lipinski definition) is 4. The van der Waals surface area contributed by atoms with Gasteiger partial charge in [-0.15, -0.1) is 5.10 Å². The second-order valence-corrected chi connectivity index (χ2v) is 6.91. The Morgan fingerprint density at radius 3 is 2.33 bits per heavy atom. The highest BCUT2D eigenvalue weighted by molar-refractivity contribution is 6.06. The molecule has 0 aliphatic carbocycles. The van der Waals surface area contributed by atoms with Crippen molar-refractivity contribution < 1.29 is 9.18 Å². The molecule has 2 N–H and O–H groups in total. The number of nitrogens with one attached hydrogen (secondary N) is 2. The van der Waals surface area contributed by atoms with Crippen LogP contribution in [0.25, 0.3) is 5.69 Å². The Morgan fingerprint density at radius 1 is 1.00 bits per heavy atom. The number of H-pyrrole nitrogens is 1. The highest BCUT2D eigenvalue weighted by Crippen LogP contribution is 2.14. The Hall–Kier alpha value is -4.00. The summed E-state index contributed by atoms with van der Waals surface area (Å²) >= 11 is 0. The molecule has 0 aliphatic heterocycles. The third-order valence-electron chi connectivity index (χ3n) is 4.67. The SMILES string of the molecule is Cc1ccc(CNc2ccc(-n3nc(C(=O)c4ccc(F)cc4)[nH]c3=O)cc2)cc1. The van der Waals surface area contributed by atoms with Crippen molar-refractivity contribution in [3.63, 3.8) is 0 Å². The molecule has 6 nitrogen and oxygen atoms in total. The van der Waals surface area contributed by atoms with E-state index in [9.17, 15) is 14.0 Å². The minimum atomic E-state index is -0.527. The molecular formula is C23H19FN4O2. The van der Waals surface area contributed by atoms with Crippen LogP contribution in [-0.4, -0.2) is 20.5 Å². The molecule has 30 heavy (non-hydrogen) atoms. The van der Waals surface area contributed by atoms with Crippen LogP contribution in [0.3, 0.4) is 0 Å². The third kappa shape index (κ3) is 4.20. The number of aromatic nitrogens is 3. The lowest BCUT2D eigenvalue weighted by molar-refractivity contribution is 0.102. The minimum absolute atomic E-state index is 0.104. The van der Waals surface area contributed by atoms with Crippen LogP contribution in [0.2, 0.25) is 0 Å². The van der Waals surface area contributed by atoms with E-state index in [4.69, 9.17) is 0 Å². The first-order valence-corrected chi connectivity index (χ1v) is 9.39. The van der Waals surface area contributed by atoms with E-state index in [1.165, 1.54) is 29.8 Å². The predicted octanol–water partition coefficient (Wildman–Crippen LogP) is 3.85. The first-order valence-electron chi connectivity index (χ1n) is 9.39. The first-order chi connectivity index (χ1) is 14.5. The zero-order chi connectivity index (χ0) is 21.1. The van der Waals surface area contributed by atoms with Crippen LogP contribution >= 0.6 is 0 Å². The fourth-order valence-corrected chi connectivity index (χ4v) is 2.97. The second-order valence-electron chi connectivity index (χ2n) is 6.91. The van der Waals surface area contributed by atoms with Gasteiger partial charge in [0, 0.05) is 17.8 Å². The quantitative estimate of drug-likeness (QED) is 0.480. The summed E-state index contributed by atoms with van der Waals surface area (Å²) in [6.07, 6.45) is 0. The van der Waals surface area contributed by atoms with E-state index < -0.39 is 17.3 Å². The minimum Gasteiger partial charge on any atom is -0.381 e. The fourth-order valence-electron chi connectivity index (χ4n) is 2.97. The van der Waals surface area contributed by atoms with E-state index in [-0.39, 0.29) is 11.4 Å². The molecule has 0 bridgehead atoms. The number of anilines is 1. The number of ketones is 1. The molecule has 1 aromatic heterocycles. The highest BCUT2D eigenvalue weighted by atomic mass is 19.1. The van der Waals surface area contributed by atoms with Gasteiger partial charge in [-0.1, -0.05) is 29.8 Å². The van der Waals surface area contributed by atoms with Crippen LogP contribution in [0.5, 0.6) is 0 Å². The van der Waals surface area contributed by atoms with Gasteiger partial charge in [-0.2, -0.15) is 4.68 Å². The highest BCUT2D eigenvalue weighted by Gasteiger charge is 2.16. The van der Waals surface area contributed by atoms with Gasteiger partial charge in [0.25, 0.3) is 0 Å². The van der Waals surface area contributed by atoms with Crippen LogP contribution in [0.4, 0.5) is 10.1 Å². The standard InChI is InChI=1S/C23H19FN4O2/c1-15-2-4-16(5-3-15)14-25-19-10-12-20(13-11-19)28-23(30)26-22(27-28)21(29)17-6-8-18(24)9-7-17/h2-13,25H,14H2,1H3,(H,26,27,30). The summed E-state index contributed by atoms with van der Waals surface area (Å²) in [6.45, 7) is 2.73. The van der Waals surface area contributed by atoms with Gasteiger partial charge in [0.1, 0.15) is 5.82 Å². The Balaban J connectivity index is 1.49. The largest absolute Gasteiger partial charge is 0.381 e. The Bertz CT molecular complexity index is 1220. The molecule has 150 valence electrons. The number of carbonyl (C=O) groups excluding carboxylic acids is 1. The summed E-state index contributed by atoms with van der Waals surface area (Å²) in [7, 11) is 0. The van der Waals surface area contributed by atoms with Crippen molar-refractivity contribution in [1.82, 2.24) is 14.8 Å². The van der Waals surface area contributed by atoms with Crippen LogP contribution in [-0.2, 0) is 6.54 Å². The van der Waals surface area contributed by atoms with Gasteiger partial charge in [0.15, 0.2) is 0 Å². The average molecular weight is 402 g/mol. The average Bonchev–Trinajstić information content (AvgIpc) is 3.15. The zero-order valence-electron chi connectivity index (χ0n) is 16.2. The van der Waals surface area contributed by atoms with Crippen molar-refractivity contribution in [2.45, 2.75) is 13.5 Å². The summed E-state index contributed by atoms with van der Waals surface area (Å²) in [5.74, 6) is -1.03. The van der Waals surface area contributed by atoms with E-state index in [0.717, 1.165) is 15.9 Å². The molecule has 0 spiro atoms. The smallest absolute Gasteiger partial charge is 0.348 e. The van der Waals surface area contributed by atoms with E-state index in [2.05, 4.69) is 39.7 Å². The van der Waals surface area contributed by atoms with Gasteiger partial charge in [-0.05, 0) is 61.0 Å². The summed E-state index contributed by atoms with van der Waals surface area (Å²) in [4.78, 5) is 27.2. The predicted molar refractivity (Wildman–Crippen MR) is 113 cm³/mol. The molecule has 0 fully saturated rings. The molecule has 0 aliphatic rings. The number of nitrogens with zero attached hydrogens (tertiary/aromatic N) is 2. The van der Waals surface area contributed by atoms with Crippen LogP contribution in [0.15, 0.2) is 77.6 Å². The van der Waals surface area contributed by atoms with Crippen molar-refractivity contribution in [2.75, 3.05) is 5.32 Å². The zero-order valence-corrected chi connectivity index (χ0v) is 16.2. The molecule has 0 amide bonds. The first kappa shape index (κ1) is 19.3. The van der Waals surface area contributed by atoms with Crippen molar-refractivity contribution >= 4 is 11.5 Å². The molecular weight excluding hydrogens is 383 g/mol. The molecule has 4 rings (SSSR count). The summed E-state index contributed by atoms with van der Waals surface area (Å²) in [6, 6.07) is 20.5. The van der Waals surface area contributed by atoms with Gasteiger partial charge in [0.05, 0.1) is 5.69 Å². The van der Waals surface area contributed by atoms with Crippen molar-refractivity contribution in [1.29, 1.82) is 0 Å². The summed E-state index contributed by atoms with van der Waals surface area (Å²) in [5, 5.41) is 7.42. The molecule has 4 aromatic rings. The lowest BCUT2D eigenvalue weighted by atomic mass is 10.1. The van der Waals surface area contributed by atoms with Crippen LogP contribution in [0.1, 0.15) is 27.3 Å². The molecule has 0 saturated carbocycles. The molecule has 0 radical (unpaired) electrons. The molecule has 7 heteroatoms. The monoisotopic (exact) mass is 402 g/mol. The number of halogens is 1. The Morgan fingerprint density at radius 2 is 1.67 bits per heavy atom. The van der Waals surface area contributed by atoms with Gasteiger partial charge in [-0.25, -0.2) is 9.18 Å². The Labute approximate surface area is 172 Å². The summed E-state index contributed by atoms with van der Waals surface area (Å²) < 4.78 is 14.2. The topological polar surface area (TPSA) is 79.8 Å². The number of benzene rings is 3. The molecule has 3 aromatic carbocycles.